The fourth-order valence-electron chi connectivity index (χ4n) is 6.17. The van der Waals surface area contributed by atoms with E-state index in [0.717, 1.165) is 12.8 Å². The first-order valence-corrected chi connectivity index (χ1v) is 11.5. The first-order valence-electron chi connectivity index (χ1n) is 11.5. The fraction of sp³-hybridized carbons (Fsp3) is 0.333. The van der Waals surface area contributed by atoms with Crippen LogP contribution >= 0.6 is 0 Å². The number of hydrogen-bond acceptors (Lipinski definition) is 1. The van der Waals surface area contributed by atoms with Gasteiger partial charge in [0.25, 0.3) is 0 Å². The van der Waals surface area contributed by atoms with Crippen LogP contribution in [0.1, 0.15) is 53.0 Å². The first-order chi connectivity index (χ1) is 14.8. The Morgan fingerprint density at radius 1 is 0.839 bits per heavy atom. The Hall–Kier alpha value is -2.80. The number of allylic oxidation sites excluding steroid dienone is 6. The molecule has 0 radical (unpaired) electrons. The molecule has 0 atom stereocenters. The lowest BCUT2D eigenvalue weighted by atomic mass is 9.49. The molecule has 1 heterocycles. The van der Waals surface area contributed by atoms with Crippen LogP contribution in [0.3, 0.4) is 0 Å². The van der Waals surface area contributed by atoms with E-state index in [1.54, 1.807) is 0 Å². The van der Waals surface area contributed by atoms with Gasteiger partial charge < -0.3 is 4.90 Å². The van der Waals surface area contributed by atoms with Crippen LogP contribution in [-0.2, 0) is 5.41 Å². The maximum atomic E-state index is 4.01. The molecule has 4 rings (SSSR count). The molecular formula is C30H35N. The second-order valence-corrected chi connectivity index (χ2v) is 9.85. The second kappa shape index (κ2) is 7.71. The Labute approximate surface area is 188 Å². The number of benzene rings is 2. The van der Waals surface area contributed by atoms with E-state index >= 15 is 0 Å². The topological polar surface area (TPSA) is 3.24 Å². The highest BCUT2D eigenvalue weighted by atomic mass is 15.2. The number of nitrogens with zero attached hydrogens (tertiary/aromatic N) is 1. The normalized spacial score (nSPS) is 22.8. The zero-order chi connectivity index (χ0) is 22.3. The van der Waals surface area contributed by atoms with Crippen molar-refractivity contribution in [2.24, 2.45) is 10.8 Å². The van der Waals surface area contributed by atoms with Gasteiger partial charge >= 0.3 is 0 Å². The average Bonchev–Trinajstić information content (AvgIpc) is 2.95. The lowest BCUT2D eigenvalue weighted by molar-refractivity contribution is 0.162. The summed E-state index contributed by atoms with van der Waals surface area (Å²) < 4.78 is 0. The van der Waals surface area contributed by atoms with Crippen molar-refractivity contribution in [1.29, 1.82) is 0 Å². The van der Waals surface area contributed by atoms with Gasteiger partial charge in [-0.1, -0.05) is 101 Å². The third kappa shape index (κ3) is 2.97. The molecule has 0 amide bonds. The lowest BCUT2D eigenvalue weighted by Crippen LogP contribution is -2.53. The van der Waals surface area contributed by atoms with Gasteiger partial charge in [-0.05, 0) is 53.0 Å². The van der Waals surface area contributed by atoms with Gasteiger partial charge in [0.1, 0.15) is 0 Å². The van der Waals surface area contributed by atoms with Crippen molar-refractivity contribution < 1.29 is 0 Å². The molecule has 0 saturated carbocycles. The van der Waals surface area contributed by atoms with Gasteiger partial charge in [0, 0.05) is 16.8 Å². The van der Waals surface area contributed by atoms with Crippen molar-refractivity contribution in [2.75, 3.05) is 4.90 Å². The molecule has 1 aliphatic heterocycles. The molecule has 0 fully saturated rings. The molecule has 0 aromatic heterocycles. The summed E-state index contributed by atoms with van der Waals surface area (Å²) in [6.45, 7) is 15.9. The van der Waals surface area contributed by atoms with Crippen molar-refractivity contribution in [3.8, 4) is 0 Å². The first kappa shape index (κ1) is 21.4. The number of rotatable bonds is 4. The number of fused-ring (bicyclic) bond motifs is 2. The monoisotopic (exact) mass is 409 g/mol. The molecule has 0 unspecified atom stereocenters. The summed E-state index contributed by atoms with van der Waals surface area (Å²) in [5.74, 6) is 0. The summed E-state index contributed by atoms with van der Waals surface area (Å²) in [5.41, 5.74) is 6.41. The SMILES string of the molecule is C=CC/C=C1\C(=C/CC)C2(c3ccccc3N1c1ccccc1)C(C)(C)C=CC2(C)C. The Balaban J connectivity index is 2.16. The smallest absolute Gasteiger partial charge is 0.0503 e. The molecule has 1 heteroatoms. The zero-order valence-corrected chi connectivity index (χ0v) is 19.7. The van der Waals surface area contributed by atoms with Crippen LogP contribution < -0.4 is 4.90 Å². The minimum absolute atomic E-state index is 0.0242. The maximum Gasteiger partial charge on any atom is 0.0503 e. The molecule has 1 spiro atoms. The van der Waals surface area contributed by atoms with Crippen LogP contribution in [0, 0.1) is 10.8 Å². The van der Waals surface area contributed by atoms with E-state index in [0.29, 0.717) is 0 Å². The van der Waals surface area contributed by atoms with Crippen molar-refractivity contribution in [3.05, 3.63) is 108 Å². The van der Waals surface area contributed by atoms with Gasteiger partial charge in [-0.25, -0.2) is 0 Å². The quantitative estimate of drug-likeness (QED) is 0.458. The van der Waals surface area contributed by atoms with Gasteiger partial charge in [-0.15, -0.1) is 6.58 Å². The fourth-order valence-corrected chi connectivity index (χ4v) is 6.17. The van der Waals surface area contributed by atoms with Gasteiger partial charge in [0.2, 0.25) is 0 Å². The Morgan fingerprint density at radius 3 is 2.06 bits per heavy atom. The van der Waals surface area contributed by atoms with Gasteiger partial charge in [0.15, 0.2) is 0 Å². The van der Waals surface area contributed by atoms with E-state index in [1.165, 1.54) is 28.2 Å². The molecule has 2 aromatic carbocycles. The number of hydrogen-bond donors (Lipinski definition) is 0. The summed E-state index contributed by atoms with van der Waals surface area (Å²) >= 11 is 0. The van der Waals surface area contributed by atoms with Crippen molar-refractivity contribution >= 4 is 11.4 Å². The molecule has 0 saturated heterocycles. The van der Waals surface area contributed by atoms with Crippen LogP contribution in [0.25, 0.3) is 0 Å². The highest BCUT2D eigenvalue weighted by Gasteiger charge is 2.62. The summed E-state index contributed by atoms with van der Waals surface area (Å²) in [5, 5.41) is 0. The standard InChI is InChI=1S/C30H35N/c1-7-9-19-26-24(15-8-2)30(28(3,4)21-22-29(30,5)6)25-18-13-14-20-27(25)31(26)23-16-11-10-12-17-23/h7,10-22H,1,8-9H2,2-6H3/b24-15+,26-19+. The number of para-hydroxylation sites is 2. The lowest BCUT2D eigenvalue weighted by Gasteiger charge is -2.57. The highest BCUT2D eigenvalue weighted by molar-refractivity contribution is 5.82. The molecular weight excluding hydrogens is 374 g/mol. The van der Waals surface area contributed by atoms with E-state index in [2.05, 4.69) is 125 Å². The van der Waals surface area contributed by atoms with Crippen LogP contribution in [-0.4, -0.2) is 0 Å². The van der Waals surface area contributed by atoms with Gasteiger partial charge in [-0.2, -0.15) is 0 Å². The van der Waals surface area contributed by atoms with Crippen molar-refractivity contribution in [1.82, 2.24) is 0 Å². The Kier molecular flexibility index (Phi) is 5.33. The third-order valence-electron chi connectivity index (χ3n) is 7.22. The predicted molar refractivity (Wildman–Crippen MR) is 135 cm³/mol. The van der Waals surface area contributed by atoms with Gasteiger partial charge in [0.05, 0.1) is 5.69 Å². The largest absolute Gasteiger partial charge is 0.310 e. The van der Waals surface area contributed by atoms with E-state index in [4.69, 9.17) is 0 Å². The van der Waals surface area contributed by atoms with E-state index in [1.807, 2.05) is 6.08 Å². The minimum Gasteiger partial charge on any atom is -0.310 e. The molecule has 1 aliphatic carbocycles. The minimum atomic E-state index is -0.148. The summed E-state index contributed by atoms with van der Waals surface area (Å²) in [7, 11) is 0. The summed E-state index contributed by atoms with van der Waals surface area (Å²) in [6.07, 6.45) is 13.6. The highest BCUT2D eigenvalue weighted by Crippen LogP contribution is 2.68. The Bertz CT molecular complexity index is 1040. The Morgan fingerprint density at radius 2 is 1.45 bits per heavy atom. The van der Waals surface area contributed by atoms with Crippen LogP contribution in [0.5, 0.6) is 0 Å². The second-order valence-electron chi connectivity index (χ2n) is 9.85. The van der Waals surface area contributed by atoms with Crippen LogP contribution in [0.15, 0.2) is 103 Å². The molecule has 2 aromatic rings. The predicted octanol–water partition coefficient (Wildman–Crippen LogP) is 8.49. The van der Waals surface area contributed by atoms with E-state index < -0.39 is 0 Å². The van der Waals surface area contributed by atoms with E-state index in [9.17, 15) is 0 Å². The molecule has 2 aliphatic rings. The molecule has 31 heavy (non-hydrogen) atoms. The third-order valence-corrected chi connectivity index (χ3v) is 7.22. The summed E-state index contributed by atoms with van der Waals surface area (Å²) in [4.78, 5) is 2.45. The maximum absolute atomic E-state index is 4.01. The van der Waals surface area contributed by atoms with Crippen LogP contribution in [0.4, 0.5) is 11.4 Å². The average molecular weight is 410 g/mol. The van der Waals surface area contributed by atoms with Gasteiger partial charge in [-0.3, -0.25) is 0 Å². The van der Waals surface area contributed by atoms with Crippen molar-refractivity contribution in [3.63, 3.8) is 0 Å². The molecule has 1 nitrogen and oxygen atoms in total. The molecule has 160 valence electrons. The van der Waals surface area contributed by atoms with Crippen LogP contribution in [0.2, 0.25) is 0 Å². The summed E-state index contributed by atoms with van der Waals surface area (Å²) in [6, 6.07) is 19.8. The molecule has 0 bridgehead atoms. The van der Waals surface area contributed by atoms with E-state index in [-0.39, 0.29) is 16.2 Å². The zero-order valence-electron chi connectivity index (χ0n) is 19.7. The molecule has 0 N–H and O–H groups in total. The van der Waals surface area contributed by atoms with Crippen molar-refractivity contribution in [2.45, 2.75) is 52.9 Å². The number of anilines is 2.